The first-order valence-electron chi connectivity index (χ1n) is 11.1. The molecule has 0 saturated carbocycles. The van der Waals surface area contributed by atoms with Crippen molar-refractivity contribution >= 4 is 63.2 Å². The summed E-state index contributed by atoms with van der Waals surface area (Å²) in [7, 11) is 1.63. The molecule has 2 amide bonds. The summed E-state index contributed by atoms with van der Waals surface area (Å²) in [6.45, 7) is 3.78. The topological polar surface area (TPSA) is 79.8 Å². The van der Waals surface area contributed by atoms with Crippen molar-refractivity contribution in [3.05, 3.63) is 96.6 Å². The Hall–Kier alpha value is -2.47. The zero-order valence-electron chi connectivity index (χ0n) is 19.7. The summed E-state index contributed by atoms with van der Waals surface area (Å²) in [6.07, 6.45) is 1.58. The molecular weight excluding hydrogens is 668 g/mol. The van der Waals surface area contributed by atoms with Crippen LogP contribution in [0.2, 0.25) is 0 Å². The summed E-state index contributed by atoms with van der Waals surface area (Å²) in [4.78, 5) is 26.4. The van der Waals surface area contributed by atoms with Gasteiger partial charge in [0.25, 0.3) is 5.91 Å². The molecule has 0 spiro atoms. The fourth-order valence-electron chi connectivity index (χ4n) is 3.65. The average Bonchev–Trinajstić information content (AvgIpc) is 2.83. The average molecular weight is 695 g/mol. The van der Waals surface area contributed by atoms with E-state index >= 15 is 0 Å². The van der Waals surface area contributed by atoms with Gasteiger partial charge in [-0.15, -0.1) is 0 Å². The van der Waals surface area contributed by atoms with Gasteiger partial charge in [0.2, 0.25) is 5.91 Å². The normalized spacial score (nSPS) is 12.1. The molecular formula is C27H27I2N3O3. The molecule has 0 aliphatic rings. The Morgan fingerprint density at radius 1 is 0.886 bits per heavy atom. The van der Waals surface area contributed by atoms with Gasteiger partial charge in [0, 0.05) is 0 Å². The number of nitrogens with one attached hydrogen (secondary N) is 2. The van der Waals surface area contributed by atoms with Crippen molar-refractivity contribution in [2.75, 3.05) is 7.11 Å². The quantitative estimate of drug-likeness (QED) is 0.181. The number of methoxy groups -OCH3 is 1. The van der Waals surface area contributed by atoms with Crippen LogP contribution in [0.3, 0.4) is 0 Å². The minimum atomic E-state index is -0.745. The molecule has 3 rings (SSSR count). The van der Waals surface area contributed by atoms with Crippen LogP contribution in [0.1, 0.15) is 36.5 Å². The van der Waals surface area contributed by atoms with Crippen LogP contribution in [0, 0.1) is 13.1 Å². The third-order valence-corrected chi connectivity index (χ3v) is 6.99. The fourth-order valence-corrected chi connectivity index (χ4v) is 5.90. The lowest BCUT2D eigenvalue weighted by atomic mass is 9.89. The lowest BCUT2D eigenvalue weighted by Crippen LogP contribution is -2.50. The van der Waals surface area contributed by atoms with E-state index in [1.165, 1.54) is 0 Å². The number of carbonyl (C=O) groups is 2. The monoisotopic (exact) mass is 695 g/mol. The SMILES string of the molecule is COc1c(I)cc(/C=N\NC(=O)[C@H](NC(=O)C(c2ccccc2)c2ccccc2)C(C)C)cc1I. The van der Waals surface area contributed by atoms with E-state index in [4.69, 9.17) is 4.74 Å². The van der Waals surface area contributed by atoms with E-state index in [-0.39, 0.29) is 17.7 Å². The summed E-state index contributed by atoms with van der Waals surface area (Å²) in [5.41, 5.74) is 5.14. The Morgan fingerprint density at radius 3 is 1.86 bits per heavy atom. The van der Waals surface area contributed by atoms with Crippen LogP contribution in [0.25, 0.3) is 0 Å². The van der Waals surface area contributed by atoms with E-state index in [9.17, 15) is 9.59 Å². The first-order valence-corrected chi connectivity index (χ1v) is 13.2. The molecule has 3 aromatic carbocycles. The van der Waals surface area contributed by atoms with Gasteiger partial charge in [0.1, 0.15) is 11.8 Å². The second-order valence-electron chi connectivity index (χ2n) is 8.24. The van der Waals surface area contributed by atoms with Crippen LogP contribution in [0.15, 0.2) is 77.9 Å². The van der Waals surface area contributed by atoms with E-state index in [0.29, 0.717) is 0 Å². The van der Waals surface area contributed by atoms with Gasteiger partial charge in [-0.1, -0.05) is 74.5 Å². The Labute approximate surface area is 233 Å². The molecule has 0 unspecified atom stereocenters. The van der Waals surface area contributed by atoms with Gasteiger partial charge >= 0.3 is 0 Å². The maximum atomic E-state index is 13.5. The van der Waals surface area contributed by atoms with Crippen molar-refractivity contribution < 1.29 is 14.3 Å². The van der Waals surface area contributed by atoms with E-state index in [0.717, 1.165) is 29.6 Å². The third kappa shape index (κ3) is 7.26. The number of amides is 2. The van der Waals surface area contributed by atoms with Crippen LogP contribution >= 0.6 is 45.2 Å². The van der Waals surface area contributed by atoms with Crippen LogP contribution in [-0.4, -0.2) is 31.2 Å². The predicted molar refractivity (Wildman–Crippen MR) is 156 cm³/mol. The summed E-state index contributed by atoms with van der Waals surface area (Å²) in [6, 6.07) is 22.2. The lowest BCUT2D eigenvalue weighted by molar-refractivity contribution is -0.130. The van der Waals surface area contributed by atoms with Crippen LogP contribution < -0.4 is 15.5 Å². The van der Waals surface area contributed by atoms with E-state index in [1.54, 1.807) is 13.3 Å². The smallest absolute Gasteiger partial charge is 0.262 e. The molecule has 6 nitrogen and oxygen atoms in total. The first kappa shape index (κ1) is 27.1. The first-order chi connectivity index (χ1) is 16.8. The van der Waals surface area contributed by atoms with Crippen LogP contribution in [0.5, 0.6) is 5.75 Å². The number of nitrogens with zero attached hydrogens (tertiary/aromatic N) is 1. The van der Waals surface area contributed by atoms with Crippen molar-refractivity contribution in [1.82, 2.24) is 10.7 Å². The molecule has 2 N–H and O–H groups in total. The van der Waals surface area contributed by atoms with Crippen molar-refractivity contribution in [3.8, 4) is 5.75 Å². The highest BCUT2D eigenvalue weighted by Gasteiger charge is 2.29. The van der Waals surface area contributed by atoms with Gasteiger partial charge in [-0.25, -0.2) is 5.43 Å². The number of rotatable bonds is 9. The highest BCUT2D eigenvalue weighted by molar-refractivity contribution is 14.1. The standard InChI is InChI=1S/C27H27I2N3O3/c1-17(2)24(27(34)32-30-16-18-14-21(28)25(35-3)22(29)15-18)31-26(33)23(19-10-6-4-7-11-19)20-12-8-5-9-13-20/h4-17,23-24H,1-3H3,(H,31,33)(H,32,34)/b30-16-/t24-/m1/s1. The molecule has 1 atom stereocenters. The van der Waals surface area contributed by atoms with Crippen LogP contribution in [-0.2, 0) is 9.59 Å². The molecule has 182 valence electrons. The van der Waals surface area contributed by atoms with E-state index < -0.39 is 12.0 Å². The van der Waals surface area contributed by atoms with Gasteiger partial charge in [0.15, 0.2) is 0 Å². The Kier molecular flexibility index (Phi) is 10.1. The highest BCUT2D eigenvalue weighted by atomic mass is 127. The third-order valence-electron chi connectivity index (χ3n) is 5.39. The summed E-state index contributed by atoms with van der Waals surface area (Å²) in [5, 5.41) is 7.08. The van der Waals surface area contributed by atoms with Crippen LogP contribution in [0.4, 0.5) is 0 Å². The Balaban J connectivity index is 1.75. The number of carbonyl (C=O) groups excluding carboxylic acids is 2. The molecule has 0 aliphatic heterocycles. The molecule has 35 heavy (non-hydrogen) atoms. The molecule has 0 aromatic heterocycles. The highest BCUT2D eigenvalue weighted by Crippen LogP contribution is 2.28. The summed E-state index contributed by atoms with van der Waals surface area (Å²) in [5.74, 6) is -0.467. The maximum Gasteiger partial charge on any atom is 0.262 e. The number of hydrogen-bond donors (Lipinski definition) is 2. The molecule has 0 bridgehead atoms. The maximum absolute atomic E-state index is 13.5. The minimum Gasteiger partial charge on any atom is -0.495 e. The molecule has 0 aliphatic carbocycles. The molecule has 0 heterocycles. The zero-order chi connectivity index (χ0) is 25.4. The van der Waals surface area contributed by atoms with E-state index in [1.807, 2.05) is 86.6 Å². The van der Waals surface area contributed by atoms with Gasteiger partial charge < -0.3 is 10.1 Å². The molecule has 0 radical (unpaired) electrons. The van der Waals surface area contributed by atoms with E-state index in [2.05, 4.69) is 61.0 Å². The predicted octanol–water partition coefficient (Wildman–Crippen LogP) is 5.33. The number of benzene rings is 3. The second kappa shape index (κ2) is 13.0. The van der Waals surface area contributed by atoms with Gasteiger partial charge in [0.05, 0.1) is 26.4 Å². The summed E-state index contributed by atoms with van der Waals surface area (Å²) < 4.78 is 7.28. The number of hydrogen-bond acceptors (Lipinski definition) is 4. The van der Waals surface area contributed by atoms with Crippen molar-refractivity contribution in [1.29, 1.82) is 0 Å². The minimum absolute atomic E-state index is 0.135. The van der Waals surface area contributed by atoms with Gasteiger partial charge in [-0.2, -0.15) is 5.10 Å². The number of ether oxygens (including phenoxy) is 1. The van der Waals surface area contributed by atoms with Crippen molar-refractivity contribution in [3.63, 3.8) is 0 Å². The van der Waals surface area contributed by atoms with Gasteiger partial charge in [-0.05, 0) is 79.9 Å². The zero-order valence-corrected chi connectivity index (χ0v) is 24.0. The number of halogens is 2. The Bertz CT molecular complexity index is 1120. The lowest BCUT2D eigenvalue weighted by Gasteiger charge is -2.24. The Morgan fingerprint density at radius 2 is 1.40 bits per heavy atom. The molecule has 0 saturated heterocycles. The molecule has 0 fully saturated rings. The molecule has 8 heteroatoms. The molecule has 3 aromatic rings. The largest absolute Gasteiger partial charge is 0.495 e. The number of hydrazone groups is 1. The fraction of sp³-hybridized carbons (Fsp3) is 0.222. The summed E-state index contributed by atoms with van der Waals surface area (Å²) >= 11 is 4.40. The van der Waals surface area contributed by atoms with Gasteiger partial charge in [-0.3, -0.25) is 9.59 Å². The van der Waals surface area contributed by atoms with Crippen molar-refractivity contribution in [2.24, 2.45) is 11.0 Å². The second-order valence-corrected chi connectivity index (χ2v) is 10.6. The van der Waals surface area contributed by atoms with Crippen molar-refractivity contribution in [2.45, 2.75) is 25.8 Å².